The highest BCUT2D eigenvalue weighted by Gasteiger charge is 2.20. The van der Waals surface area contributed by atoms with Crippen molar-refractivity contribution >= 4 is 22.6 Å². The van der Waals surface area contributed by atoms with Crippen LogP contribution in [0.4, 0.5) is 0 Å². The number of ether oxygens (including phenoxy) is 1. The second-order valence-electron chi connectivity index (χ2n) is 3.76. The summed E-state index contributed by atoms with van der Waals surface area (Å²) in [4.78, 5) is 0. The smallest absolute Gasteiger partial charge is 0.0810 e. The average Bonchev–Trinajstić information content (AvgIpc) is 2.94. The van der Waals surface area contributed by atoms with Gasteiger partial charge in [0.25, 0.3) is 0 Å². The van der Waals surface area contributed by atoms with Crippen LogP contribution < -0.4 is 0 Å². The topological polar surface area (TPSA) is 32.8 Å². The van der Waals surface area contributed by atoms with E-state index in [1.54, 1.807) is 0 Å². The van der Waals surface area contributed by atoms with Gasteiger partial charge < -0.3 is 9.84 Å². The molecule has 2 atom stereocenters. The van der Waals surface area contributed by atoms with Crippen molar-refractivity contribution in [2.24, 2.45) is 0 Å². The summed E-state index contributed by atoms with van der Waals surface area (Å²) < 4.78 is 6.00. The molecule has 1 aliphatic heterocycles. The van der Waals surface area contributed by atoms with E-state index in [1.165, 1.54) is 32.1 Å². The Kier molecular flexibility index (Phi) is 6.32. The van der Waals surface area contributed by atoms with Gasteiger partial charge in [0.1, 0.15) is 0 Å². The monoisotopic (exact) mass is 298 g/mol. The van der Waals surface area contributed by atoms with Crippen LogP contribution in [0.5, 0.6) is 0 Å². The van der Waals surface area contributed by atoms with Gasteiger partial charge in [-0.05, 0) is 12.8 Å². The molecule has 3 heteroatoms. The molecule has 0 aromatic carbocycles. The van der Waals surface area contributed by atoms with Crippen molar-refractivity contribution < 1.29 is 9.84 Å². The molecule has 0 radical (unpaired) electrons. The SMILES string of the molecule is OC(CI)CCCCCCC1CO1. The highest BCUT2D eigenvalue weighted by atomic mass is 127. The van der Waals surface area contributed by atoms with Crippen LogP contribution in [0.1, 0.15) is 38.5 Å². The first-order chi connectivity index (χ1) is 6.33. The molecule has 2 unspecified atom stereocenters. The van der Waals surface area contributed by atoms with Crippen LogP contribution in [0.25, 0.3) is 0 Å². The van der Waals surface area contributed by atoms with Gasteiger partial charge in [0.05, 0.1) is 18.8 Å². The highest BCUT2D eigenvalue weighted by Crippen LogP contribution is 2.18. The molecule has 1 aliphatic rings. The molecule has 2 nitrogen and oxygen atoms in total. The summed E-state index contributed by atoms with van der Waals surface area (Å²) in [7, 11) is 0. The lowest BCUT2D eigenvalue weighted by Gasteiger charge is -2.05. The zero-order valence-corrected chi connectivity index (χ0v) is 10.2. The normalized spacial score (nSPS) is 23.1. The molecule has 1 saturated heterocycles. The molecule has 0 aliphatic carbocycles. The molecule has 1 N–H and O–H groups in total. The quantitative estimate of drug-likeness (QED) is 0.323. The fraction of sp³-hybridized carbons (Fsp3) is 1.00. The van der Waals surface area contributed by atoms with E-state index in [0.29, 0.717) is 6.10 Å². The minimum atomic E-state index is -0.0765. The van der Waals surface area contributed by atoms with Crippen LogP contribution >= 0.6 is 22.6 Å². The van der Waals surface area contributed by atoms with Crippen LogP contribution in [0, 0.1) is 0 Å². The molecule has 0 aromatic heterocycles. The Morgan fingerprint density at radius 2 is 2.00 bits per heavy atom. The number of rotatable bonds is 8. The fourth-order valence-corrected chi connectivity index (χ4v) is 1.86. The summed E-state index contributed by atoms with van der Waals surface area (Å²) in [6, 6.07) is 0. The van der Waals surface area contributed by atoms with Crippen molar-refractivity contribution in [1.29, 1.82) is 0 Å². The van der Waals surface area contributed by atoms with E-state index in [2.05, 4.69) is 22.6 Å². The van der Waals surface area contributed by atoms with Crippen molar-refractivity contribution in [2.75, 3.05) is 11.0 Å². The lowest BCUT2D eigenvalue weighted by atomic mass is 10.1. The number of halogens is 1. The summed E-state index contributed by atoms with van der Waals surface area (Å²) >= 11 is 2.23. The first-order valence-corrected chi connectivity index (χ1v) is 6.71. The molecule has 1 heterocycles. The van der Waals surface area contributed by atoms with Gasteiger partial charge in [0.2, 0.25) is 0 Å². The first-order valence-electron chi connectivity index (χ1n) is 5.18. The number of hydrogen-bond acceptors (Lipinski definition) is 2. The van der Waals surface area contributed by atoms with E-state index in [-0.39, 0.29) is 6.10 Å². The summed E-state index contributed by atoms with van der Waals surface area (Å²) in [6.45, 7) is 0.994. The number of hydrogen-bond donors (Lipinski definition) is 1. The predicted octanol–water partition coefficient (Wildman–Crippen LogP) is 2.52. The van der Waals surface area contributed by atoms with Gasteiger partial charge >= 0.3 is 0 Å². The Labute approximate surface area is 94.2 Å². The fourth-order valence-electron chi connectivity index (χ4n) is 1.42. The minimum absolute atomic E-state index is 0.0765. The van der Waals surface area contributed by atoms with E-state index in [1.807, 2.05) is 0 Å². The van der Waals surface area contributed by atoms with Crippen LogP contribution in [0.15, 0.2) is 0 Å². The Balaban J connectivity index is 1.72. The minimum Gasteiger partial charge on any atom is -0.392 e. The van der Waals surface area contributed by atoms with Crippen molar-refractivity contribution in [2.45, 2.75) is 50.7 Å². The average molecular weight is 298 g/mol. The maximum absolute atomic E-state index is 9.29. The maximum Gasteiger partial charge on any atom is 0.0810 e. The first kappa shape index (κ1) is 11.7. The van der Waals surface area contributed by atoms with Gasteiger partial charge in [0.15, 0.2) is 0 Å². The molecule has 1 fully saturated rings. The van der Waals surface area contributed by atoms with Crippen LogP contribution in [-0.2, 0) is 4.74 Å². The van der Waals surface area contributed by atoms with Crippen LogP contribution in [-0.4, -0.2) is 28.3 Å². The third-order valence-corrected chi connectivity index (χ3v) is 3.41. The molecule has 78 valence electrons. The Morgan fingerprint density at radius 3 is 2.62 bits per heavy atom. The molecule has 13 heavy (non-hydrogen) atoms. The third-order valence-electron chi connectivity index (χ3n) is 2.39. The number of alkyl halides is 1. The number of aliphatic hydroxyl groups excluding tert-OH is 1. The largest absolute Gasteiger partial charge is 0.392 e. The molecule has 0 bridgehead atoms. The summed E-state index contributed by atoms with van der Waals surface area (Å²) in [5.74, 6) is 0. The van der Waals surface area contributed by atoms with Crippen molar-refractivity contribution in [3.05, 3.63) is 0 Å². The predicted molar refractivity (Wildman–Crippen MR) is 62.3 cm³/mol. The molecule has 0 saturated carbocycles. The van der Waals surface area contributed by atoms with Crippen LogP contribution in [0.3, 0.4) is 0 Å². The maximum atomic E-state index is 9.29. The van der Waals surface area contributed by atoms with E-state index < -0.39 is 0 Å². The van der Waals surface area contributed by atoms with Gasteiger partial charge in [-0.25, -0.2) is 0 Å². The van der Waals surface area contributed by atoms with Crippen molar-refractivity contribution in [3.8, 4) is 0 Å². The van der Waals surface area contributed by atoms with Crippen LogP contribution in [0.2, 0.25) is 0 Å². The molecular weight excluding hydrogens is 279 g/mol. The summed E-state index contributed by atoms with van der Waals surface area (Å²) in [5, 5.41) is 9.29. The molecular formula is C10H19IO2. The number of aliphatic hydroxyl groups is 1. The second kappa shape index (κ2) is 7.01. The van der Waals surface area contributed by atoms with E-state index >= 15 is 0 Å². The zero-order valence-electron chi connectivity index (χ0n) is 8.04. The zero-order chi connectivity index (χ0) is 9.52. The van der Waals surface area contributed by atoms with E-state index in [4.69, 9.17) is 4.74 Å². The van der Waals surface area contributed by atoms with E-state index in [9.17, 15) is 5.11 Å². The number of epoxide rings is 1. The second-order valence-corrected chi connectivity index (χ2v) is 4.64. The molecule has 0 spiro atoms. The lowest BCUT2D eigenvalue weighted by molar-refractivity contribution is 0.187. The van der Waals surface area contributed by atoms with Crippen molar-refractivity contribution in [1.82, 2.24) is 0 Å². The molecule has 0 amide bonds. The summed E-state index contributed by atoms with van der Waals surface area (Å²) in [6.07, 6.45) is 7.78. The van der Waals surface area contributed by atoms with Gasteiger partial charge in [0, 0.05) is 4.43 Å². The molecule has 1 rings (SSSR count). The molecule has 0 aromatic rings. The lowest BCUT2D eigenvalue weighted by Crippen LogP contribution is -2.06. The van der Waals surface area contributed by atoms with Gasteiger partial charge in [-0.1, -0.05) is 48.3 Å². The van der Waals surface area contributed by atoms with Gasteiger partial charge in [-0.2, -0.15) is 0 Å². The van der Waals surface area contributed by atoms with E-state index in [0.717, 1.165) is 17.5 Å². The third kappa shape index (κ3) is 6.69. The Morgan fingerprint density at radius 1 is 1.31 bits per heavy atom. The highest BCUT2D eigenvalue weighted by molar-refractivity contribution is 14.1. The van der Waals surface area contributed by atoms with Gasteiger partial charge in [-0.15, -0.1) is 0 Å². The summed E-state index contributed by atoms with van der Waals surface area (Å²) in [5.41, 5.74) is 0. The Hall–Kier alpha value is 0.650. The number of unbranched alkanes of at least 4 members (excludes halogenated alkanes) is 3. The Bertz CT molecular complexity index is 126. The van der Waals surface area contributed by atoms with Crippen molar-refractivity contribution in [3.63, 3.8) is 0 Å². The standard InChI is InChI=1S/C10H19IO2/c11-7-9(12)5-3-1-2-4-6-10-8-13-10/h9-10,12H,1-8H2. The van der Waals surface area contributed by atoms with Gasteiger partial charge in [-0.3, -0.25) is 0 Å².